The van der Waals surface area contributed by atoms with E-state index in [1.807, 2.05) is 6.07 Å². The Bertz CT molecular complexity index is 953. The lowest BCUT2D eigenvalue weighted by atomic mass is 10.1. The summed E-state index contributed by atoms with van der Waals surface area (Å²) in [6, 6.07) is 14.7. The molecule has 0 atom stereocenters. The molecule has 1 aromatic heterocycles. The zero-order valence-corrected chi connectivity index (χ0v) is 13.9. The number of halogens is 1. The van der Waals surface area contributed by atoms with Crippen LogP contribution < -0.4 is 15.0 Å². The zero-order valence-electron chi connectivity index (χ0n) is 13.9. The first-order chi connectivity index (χ1) is 12.1. The first kappa shape index (κ1) is 16.7. The normalized spacial score (nSPS) is 10.5. The topological polar surface area (TPSA) is 53.4 Å². The van der Waals surface area contributed by atoms with Gasteiger partial charge in [-0.1, -0.05) is 18.2 Å². The average molecular weight is 340 g/mol. The van der Waals surface area contributed by atoms with E-state index in [4.69, 9.17) is 9.47 Å². The van der Waals surface area contributed by atoms with Crippen LogP contribution in [0, 0.1) is 5.82 Å². The first-order valence-electron chi connectivity index (χ1n) is 7.66. The first-order valence-corrected chi connectivity index (χ1v) is 7.66. The van der Waals surface area contributed by atoms with E-state index in [1.165, 1.54) is 16.8 Å². The summed E-state index contributed by atoms with van der Waals surface area (Å²) >= 11 is 0. The lowest BCUT2D eigenvalue weighted by Gasteiger charge is -2.11. The van der Waals surface area contributed by atoms with Crippen molar-refractivity contribution in [3.63, 3.8) is 0 Å². The van der Waals surface area contributed by atoms with E-state index in [0.29, 0.717) is 22.8 Å². The molecule has 0 fully saturated rings. The van der Waals surface area contributed by atoms with E-state index in [9.17, 15) is 9.18 Å². The van der Waals surface area contributed by atoms with Crippen molar-refractivity contribution >= 4 is 0 Å². The minimum absolute atomic E-state index is 0.0621. The van der Waals surface area contributed by atoms with Gasteiger partial charge in [0.2, 0.25) is 0 Å². The van der Waals surface area contributed by atoms with Crippen molar-refractivity contribution in [2.75, 3.05) is 14.2 Å². The van der Waals surface area contributed by atoms with Crippen molar-refractivity contribution in [3.05, 3.63) is 76.3 Å². The number of methoxy groups -OCH3 is 2. The lowest BCUT2D eigenvalue weighted by molar-refractivity contribution is 0.355. The maximum atomic E-state index is 13.8. The summed E-state index contributed by atoms with van der Waals surface area (Å²) in [7, 11) is 3.11. The van der Waals surface area contributed by atoms with E-state index in [0.717, 1.165) is 5.56 Å². The third kappa shape index (κ3) is 3.52. The molecular weight excluding hydrogens is 323 g/mol. The molecule has 0 saturated heterocycles. The minimum Gasteiger partial charge on any atom is -0.493 e. The molecule has 3 aromatic rings. The Labute approximate surface area is 144 Å². The fourth-order valence-electron chi connectivity index (χ4n) is 2.50. The number of hydrogen-bond donors (Lipinski definition) is 0. The second-order valence-corrected chi connectivity index (χ2v) is 5.38. The number of ether oxygens (including phenoxy) is 2. The standard InChI is InChI=1S/C19H17FN2O3/c1-24-17-9-7-13(11-18(17)25-2)16-8-10-19(23)22(21-16)12-14-5-3-4-6-15(14)20/h3-11H,12H2,1-2H3. The van der Waals surface area contributed by atoms with Crippen molar-refractivity contribution in [2.24, 2.45) is 0 Å². The Kier molecular flexibility index (Phi) is 4.79. The number of nitrogens with zero attached hydrogens (tertiary/aromatic N) is 2. The molecule has 0 spiro atoms. The summed E-state index contributed by atoms with van der Waals surface area (Å²) < 4.78 is 25.6. The maximum Gasteiger partial charge on any atom is 0.267 e. The van der Waals surface area contributed by atoms with Crippen molar-refractivity contribution in [1.82, 2.24) is 9.78 Å². The SMILES string of the molecule is COc1ccc(-c2ccc(=O)n(Cc3ccccc3F)n2)cc1OC. The molecule has 2 aromatic carbocycles. The van der Waals surface area contributed by atoms with Crippen LogP contribution in [0.1, 0.15) is 5.56 Å². The molecule has 0 bridgehead atoms. The van der Waals surface area contributed by atoms with E-state index < -0.39 is 0 Å². The Balaban J connectivity index is 1.99. The number of rotatable bonds is 5. The second-order valence-electron chi connectivity index (χ2n) is 5.38. The molecule has 0 radical (unpaired) electrons. The van der Waals surface area contributed by atoms with E-state index >= 15 is 0 Å². The van der Waals surface area contributed by atoms with Gasteiger partial charge in [-0.25, -0.2) is 9.07 Å². The Morgan fingerprint density at radius 2 is 1.76 bits per heavy atom. The van der Waals surface area contributed by atoms with Crippen LogP contribution in [0.15, 0.2) is 59.4 Å². The summed E-state index contributed by atoms with van der Waals surface area (Å²) in [6.07, 6.45) is 0. The van der Waals surface area contributed by atoms with Crippen molar-refractivity contribution in [2.45, 2.75) is 6.54 Å². The van der Waals surface area contributed by atoms with Crippen molar-refractivity contribution in [3.8, 4) is 22.8 Å². The highest BCUT2D eigenvalue weighted by molar-refractivity contribution is 5.63. The molecule has 5 nitrogen and oxygen atoms in total. The van der Waals surface area contributed by atoms with Crippen LogP contribution in [-0.2, 0) is 6.54 Å². The molecule has 0 amide bonds. The largest absolute Gasteiger partial charge is 0.493 e. The third-order valence-corrected chi connectivity index (χ3v) is 3.82. The molecule has 0 aliphatic rings. The van der Waals surface area contributed by atoms with Gasteiger partial charge in [0.15, 0.2) is 11.5 Å². The lowest BCUT2D eigenvalue weighted by Crippen LogP contribution is -2.23. The minimum atomic E-state index is -0.368. The molecular formula is C19H17FN2O3. The average Bonchev–Trinajstić information content (AvgIpc) is 2.64. The van der Waals surface area contributed by atoms with Crippen LogP contribution in [0.2, 0.25) is 0 Å². The van der Waals surface area contributed by atoms with E-state index in [-0.39, 0.29) is 17.9 Å². The summed E-state index contributed by atoms with van der Waals surface area (Å²) in [5.74, 6) is 0.798. The Morgan fingerprint density at radius 1 is 1.00 bits per heavy atom. The molecule has 0 aliphatic heterocycles. The summed E-state index contributed by atoms with van der Waals surface area (Å²) in [6.45, 7) is 0.0621. The maximum absolute atomic E-state index is 13.8. The molecule has 6 heteroatoms. The highest BCUT2D eigenvalue weighted by Gasteiger charge is 2.10. The number of aromatic nitrogens is 2. The van der Waals surface area contributed by atoms with Gasteiger partial charge in [-0.2, -0.15) is 5.10 Å². The molecule has 0 aliphatic carbocycles. The highest BCUT2D eigenvalue weighted by Crippen LogP contribution is 2.31. The fourth-order valence-corrected chi connectivity index (χ4v) is 2.50. The molecule has 0 saturated carbocycles. The van der Waals surface area contributed by atoms with Gasteiger partial charge in [-0.05, 0) is 30.3 Å². The predicted octanol–water partition coefficient (Wildman–Crippen LogP) is 3.11. The third-order valence-electron chi connectivity index (χ3n) is 3.82. The molecule has 128 valence electrons. The molecule has 25 heavy (non-hydrogen) atoms. The van der Waals surface area contributed by atoms with Crippen molar-refractivity contribution < 1.29 is 13.9 Å². The predicted molar refractivity (Wildman–Crippen MR) is 92.5 cm³/mol. The Hall–Kier alpha value is -3.15. The summed E-state index contributed by atoms with van der Waals surface area (Å²) in [5, 5.41) is 4.35. The van der Waals surface area contributed by atoms with Gasteiger partial charge in [0.1, 0.15) is 5.82 Å². The molecule has 0 N–H and O–H groups in total. The van der Waals surface area contributed by atoms with E-state index in [2.05, 4.69) is 5.10 Å². The second kappa shape index (κ2) is 7.17. The van der Waals surface area contributed by atoms with E-state index in [1.54, 1.807) is 50.6 Å². The van der Waals surface area contributed by atoms with Crippen LogP contribution in [0.5, 0.6) is 11.5 Å². The summed E-state index contributed by atoms with van der Waals surface area (Å²) in [4.78, 5) is 12.1. The van der Waals surface area contributed by atoms with Crippen LogP contribution in [-0.4, -0.2) is 24.0 Å². The van der Waals surface area contributed by atoms with Gasteiger partial charge < -0.3 is 9.47 Å². The Morgan fingerprint density at radius 3 is 2.48 bits per heavy atom. The van der Waals surface area contributed by atoms with Crippen LogP contribution in [0.4, 0.5) is 4.39 Å². The van der Waals surface area contributed by atoms with Gasteiger partial charge in [0.05, 0.1) is 26.5 Å². The van der Waals surface area contributed by atoms with Gasteiger partial charge in [0, 0.05) is 17.2 Å². The fraction of sp³-hybridized carbons (Fsp3) is 0.158. The molecule has 1 heterocycles. The van der Waals surface area contributed by atoms with Gasteiger partial charge in [0.25, 0.3) is 5.56 Å². The van der Waals surface area contributed by atoms with Crippen LogP contribution in [0.3, 0.4) is 0 Å². The number of hydrogen-bond acceptors (Lipinski definition) is 4. The number of benzene rings is 2. The quantitative estimate of drug-likeness (QED) is 0.716. The monoisotopic (exact) mass is 340 g/mol. The van der Waals surface area contributed by atoms with Crippen molar-refractivity contribution in [1.29, 1.82) is 0 Å². The smallest absolute Gasteiger partial charge is 0.267 e. The molecule has 0 unspecified atom stereocenters. The van der Waals surface area contributed by atoms with Crippen LogP contribution in [0.25, 0.3) is 11.3 Å². The van der Waals surface area contributed by atoms with Gasteiger partial charge in [-0.15, -0.1) is 0 Å². The van der Waals surface area contributed by atoms with Gasteiger partial charge in [-0.3, -0.25) is 4.79 Å². The zero-order chi connectivity index (χ0) is 17.8. The van der Waals surface area contributed by atoms with Crippen LogP contribution >= 0.6 is 0 Å². The van der Waals surface area contributed by atoms with Gasteiger partial charge >= 0.3 is 0 Å². The highest BCUT2D eigenvalue weighted by atomic mass is 19.1. The summed E-state index contributed by atoms with van der Waals surface area (Å²) in [5.41, 5.74) is 1.45. The molecule has 3 rings (SSSR count).